The summed E-state index contributed by atoms with van der Waals surface area (Å²) in [6.45, 7) is 0. The maximum atomic E-state index is 6.15. The monoisotopic (exact) mass is 264 g/mol. The van der Waals surface area contributed by atoms with Gasteiger partial charge < -0.3 is 4.74 Å². The largest absolute Gasteiger partial charge is 0.481 e. The topological polar surface area (TPSA) is 73.1 Å². The fraction of sp³-hybridized carbons (Fsp3) is 0.167. The Morgan fingerprint density at radius 3 is 2.78 bits per heavy atom. The molecule has 0 fully saturated rings. The first-order valence-electron chi connectivity index (χ1n) is 5.32. The van der Waals surface area contributed by atoms with Crippen LogP contribution in [0.3, 0.4) is 0 Å². The molecule has 3 N–H and O–H groups in total. The van der Waals surface area contributed by atoms with Gasteiger partial charge in [-0.1, -0.05) is 29.8 Å². The maximum absolute atomic E-state index is 6.15. The van der Waals surface area contributed by atoms with Crippen LogP contribution in [-0.4, -0.2) is 17.1 Å². The van der Waals surface area contributed by atoms with E-state index in [1.807, 2.05) is 18.2 Å². The number of halogens is 1. The van der Waals surface area contributed by atoms with Gasteiger partial charge in [-0.05, 0) is 11.6 Å². The summed E-state index contributed by atoms with van der Waals surface area (Å²) in [4.78, 5) is 8.14. The molecule has 6 heteroatoms. The Kier molecular flexibility index (Phi) is 4.09. The van der Waals surface area contributed by atoms with E-state index in [-0.39, 0.29) is 6.04 Å². The standard InChI is InChI=1S/C12H13ClN4O/c1-18-11-6-10(15-7-16-11)12(17-14)8-4-2-3-5-9(8)13/h2-7,12,17H,14H2,1H3. The Bertz CT molecular complexity index is 535. The third-order valence-electron chi connectivity index (χ3n) is 2.55. The molecule has 0 amide bonds. The number of rotatable bonds is 4. The molecular weight excluding hydrogens is 252 g/mol. The first-order chi connectivity index (χ1) is 8.76. The van der Waals surface area contributed by atoms with Crippen molar-refractivity contribution in [1.29, 1.82) is 0 Å². The molecule has 0 bridgehead atoms. The molecule has 0 aliphatic heterocycles. The highest BCUT2D eigenvalue weighted by Gasteiger charge is 2.17. The summed E-state index contributed by atoms with van der Waals surface area (Å²) in [5.74, 6) is 6.07. The molecule has 1 unspecified atom stereocenters. The summed E-state index contributed by atoms with van der Waals surface area (Å²) in [6.07, 6.45) is 1.43. The van der Waals surface area contributed by atoms with Gasteiger partial charge in [0.05, 0.1) is 18.8 Å². The maximum Gasteiger partial charge on any atom is 0.216 e. The van der Waals surface area contributed by atoms with E-state index in [1.165, 1.54) is 6.33 Å². The van der Waals surface area contributed by atoms with Crippen LogP contribution in [0.1, 0.15) is 17.3 Å². The zero-order valence-corrected chi connectivity index (χ0v) is 10.6. The molecule has 2 aromatic rings. The predicted molar refractivity (Wildman–Crippen MR) is 69.2 cm³/mol. The van der Waals surface area contributed by atoms with Gasteiger partial charge in [-0.15, -0.1) is 0 Å². The number of nitrogens with two attached hydrogens (primary N) is 1. The Labute approximate surface area is 110 Å². The first-order valence-corrected chi connectivity index (χ1v) is 5.70. The van der Waals surface area contributed by atoms with Crippen LogP contribution in [0.4, 0.5) is 0 Å². The molecule has 0 aliphatic rings. The molecule has 0 spiro atoms. The number of nitrogens with one attached hydrogen (secondary N) is 1. The molecule has 0 aliphatic carbocycles. The highest BCUT2D eigenvalue weighted by atomic mass is 35.5. The molecule has 5 nitrogen and oxygen atoms in total. The average molecular weight is 265 g/mol. The van der Waals surface area contributed by atoms with Crippen LogP contribution < -0.4 is 16.0 Å². The van der Waals surface area contributed by atoms with E-state index < -0.39 is 0 Å². The summed E-state index contributed by atoms with van der Waals surface area (Å²) in [7, 11) is 1.55. The summed E-state index contributed by atoms with van der Waals surface area (Å²) in [6, 6.07) is 8.86. The molecule has 1 aromatic carbocycles. The fourth-order valence-corrected chi connectivity index (χ4v) is 1.91. The molecule has 1 atom stereocenters. The van der Waals surface area contributed by atoms with Gasteiger partial charge in [-0.25, -0.2) is 15.4 Å². The summed E-state index contributed by atoms with van der Waals surface area (Å²) in [5, 5.41) is 0.623. The molecule has 18 heavy (non-hydrogen) atoms. The molecule has 0 saturated heterocycles. The minimum Gasteiger partial charge on any atom is -0.481 e. The summed E-state index contributed by atoms with van der Waals surface area (Å²) in [5.41, 5.74) is 4.24. The number of nitrogens with zero attached hydrogens (tertiary/aromatic N) is 2. The third kappa shape index (κ3) is 2.59. The van der Waals surface area contributed by atoms with Crippen molar-refractivity contribution in [3.05, 3.63) is 52.9 Å². The second-order valence-electron chi connectivity index (χ2n) is 3.61. The van der Waals surface area contributed by atoms with E-state index in [4.69, 9.17) is 22.2 Å². The quantitative estimate of drug-likeness (QED) is 0.649. The van der Waals surface area contributed by atoms with Crippen molar-refractivity contribution in [3.8, 4) is 5.88 Å². The minimum atomic E-state index is -0.310. The molecular formula is C12H13ClN4O. The van der Waals surface area contributed by atoms with Gasteiger partial charge in [0.1, 0.15) is 6.33 Å². The number of hydrogen-bond acceptors (Lipinski definition) is 5. The van der Waals surface area contributed by atoms with Crippen molar-refractivity contribution in [2.45, 2.75) is 6.04 Å². The van der Waals surface area contributed by atoms with E-state index in [0.29, 0.717) is 16.6 Å². The van der Waals surface area contributed by atoms with Crippen molar-refractivity contribution in [2.24, 2.45) is 5.84 Å². The summed E-state index contributed by atoms with van der Waals surface area (Å²) >= 11 is 6.15. The zero-order valence-electron chi connectivity index (χ0n) is 9.80. The molecule has 1 heterocycles. The predicted octanol–water partition coefficient (Wildman–Crippen LogP) is 1.69. The number of ether oxygens (including phenoxy) is 1. The lowest BCUT2D eigenvalue weighted by molar-refractivity contribution is 0.395. The van der Waals surface area contributed by atoms with Gasteiger partial charge in [0.2, 0.25) is 5.88 Å². The van der Waals surface area contributed by atoms with E-state index in [9.17, 15) is 0 Å². The van der Waals surface area contributed by atoms with Crippen LogP contribution in [0.25, 0.3) is 0 Å². The van der Waals surface area contributed by atoms with Crippen molar-refractivity contribution in [2.75, 3.05) is 7.11 Å². The van der Waals surface area contributed by atoms with Crippen molar-refractivity contribution < 1.29 is 4.74 Å². The highest BCUT2D eigenvalue weighted by Crippen LogP contribution is 2.27. The lowest BCUT2D eigenvalue weighted by Gasteiger charge is -2.17. The van der Waals surface area contributed by atoms with Gasteiger partial charge >= 0.3 is 0 Å². The SMILES string of the molecule is COc1cc(C(NN)c2ccccc2Cl)ncn1. The number of hydrazine groups is 1. The van der Waals surface area contributed by atoms with Gasteiger partial charge in [0.25, 0.3) is 0 Å². The van der Waals surface area contributed by atoms with E-state index >= 15 is 0 Å². The molecule has 1 aromatic heterocycles. The average Bonchev–Trinajstić information content (AvgIpc) is 2.42. The number of aromatic nitrogens is 2. The van der Waals surface area contributed by atoms with Crippen molar-refractivity contribution in [1.82, 2.24) is 15.4 Å². The lowest BCUT2D eigenvalue weighted by Crippen LogP contribution is -2.29. The van der Waals surface area contributed by atoms with E-state index in [2.05, 4.69) is 15.4 Å². The Hall–Kier alpha value is -1.69. The molecule has 2 rings (SSSR count). The summed E-state index contributed by atoms with van der Waals surface area (Å²) < 4.78 is 5.06. The molecule has 0 radical (unpaired) electrons. The van der Waals surface area contributed by atoms with E-state index in [0.717, 1.165) is 5.56 Å². The van der Waals surface area contributed by atoms with Crippen molar-refractivity contribution in [3.63, 3.8) is 0 Å². The first kappa shape index (κ1) is 12.8. The third-order valence-corrected chi connectivity index (χ3v) is 2.90. The van der Waals surface area contributed by atoms with Gasteiger partial charge in [0.15, 0.2) is 0 Å². The second kappa shape index (κ2) is 5.77. The smallest absolute Gasteiger partial charge is 0.216 e. The Balaban J connectivity index is 2.42. The molecule has 94 valence electrons. The van der Waals surface area contributed by atoms with Gasteiger partial charge in [-0.3, -0.25) is 5.84 Å². The Morgan fingerprint density at radius 2 is 2.11 bits per heavy atom. The Morgan fingerprint density at radius 1 is 1.33 bits per heavy atom. The van der Waals surface area contributed by atoms with Crippen LogP contribution in [-0.2, 0) is 0 Å². The van der Waals surface area contributed by atoms with Gasteiger partial charge in [0, 0.05) is 11.1 Å². The van der Waals surface area contributed by atoms with E-state index in [1.54, 1.807) is 19.2 Å². The van der Waals surface area contributed by atoms with Crippen LogP contribution in [0.5, 0.6) is 5.88 Å². The van der Waals surface area contributed by atoms with Crippen LogP contribution in [0.2, 0.25) is 5.02 Å². The fourth-order valence-electron chi connectivity index (χ4n) is 1.67. The second-order valence-corrected chi connectivity index (χ2v) is 4.01. The zero-order chi connectivity index (χ0) is 13.0. The minimum absolute atomic E-state index is 0.310. The molecule has 0 saturated carbocycles. The van der Waals surface area contributed by atoms with Crippen molar-refractivity contribution >= 4 is 11.6 Å². The highest BCUT2D eigenvalue weighted by molar-refractivity contribution is 6.31. The van der Waals surface area contributed by atoms with Crippen LogP contribution in [0, 0.1) is 0 Å². The lowest BCUT2D eigenvalue weighted by atomic mass is 10.0. The van der Waals surface area contributed by atoms with Gasteiger partial charge in [-0.2, -0.15) is 0 Å². The number of hydrogen-bond donors (Lipinski definition) is 2. The van der Waals surface area contributed by atoms with Crippen LogP contribution >= 0.6 is 11.6 Å². The number of benzene rings is 1. The van der Waals surface area contributed by atoms with Crippen LogP contribution in [0.15, 0.2) is 36.7 Å². The number of methoxy groups -OCH3 is 1. The normalized spacial score (nSPS) is 12.2.